The molecule has 2 N–H and O–H groups in total. The lowest BCUT2D eigenvalue weighted by atomic mass is 10.1. The molecule has 0 aromatic heterocycles. The van der Waals surface area contributed by atoms with Crippen LogP contribution >= 0.6 is 0 Å². The Balaban J connectivity index is 1.74. The van der Waals surface area contributed by atoms with E-state index < -0.39 is 0 Å². The zero-order valence-corrected chi connectivity index (χ0v) is 11.5. The molecule has 1 saturated carbocycles. The van der Waals surface area contributed by atoms with E-state index in [9.17, 15) is 4.79 Å². The highest BCUT2D eigenvalue weighted by atomic mass is 16.2. The number of nitrogens with two attached hydrogens (primary N) is 1. The number of carbonyl (C=O) groups excluding carboxylic acids is 1. The third-order valence-corrected chi connectivity index (χ3v) is 3.96. The van der Waals surface area contributed by atoms with Gasteiger partial charge in [-0.25, -0.2) is 0 Å². The van der Waals surface area contributed by atoms with E-state index >= 15 is 0 Å². The fraction of sp³-hybridized carbons (Fsp3) is 0.235. The zero-order chi connectivity index (χ0) is 14.1. The normalized spacial score (nSPS) is 20.4. The molecule has 102 valence electrons. The molecule has 1 fully saturated rings. The minimum atomic E-state index is 0.0852. The first-order valence-corrected chi connectivity index (χ1v) is 6.85. The van der Waals surface area contributed by atoms with Crippen LogP contribution in [0.4, 0.5) is 11.4 Å². The van der Waals surface area contributed by atoms with Crippen molar-refractivity contribution in [1.82, 2.24) is 0 Å². The van der Waals surface area contributed by atoms with Crippen LogP contribution in [0.15, 0.2) is 54.6 Å². The number of rotatable bonds is 3. The summed E-state index contributed by atoms with van der Waals surface area (Å²) in [5.41, 5.74) is 8.61. The summed E-state index contributed by atoms with van der Waals surface area (Å²) >= 11 is 0. The van der Waals surface area contributed by atoms with E-state index in [-0.39, 0.29) is 11.8 Å². The van der Waals surface area contributed by atoms with Gasteiger partial charge in [0, 0.05) is 13.0 Å². The summed E-state index contributed by atoms with van der Waals surface area (Å²) in [6, 6.07) is 17.7. The van der Waals surface area contributed by atoms with Crippen molar-refractivity contribution in [2.24, 2.45) is 5.92 Å². The molecule has 1 aliphatic carbocycles. The number of nitrogens with zero attached hydrogens (tertiary/aromatic N) is 1. The van der Waals surface area contributed by atoms with Crippen LogP contribution in [0.3, 0.4) is 0 Å². The third kappa shape index (κ3) is 2.27. The Morgan fingerprint density at radius 1 is 1.10 bits per heavy atom. The SMILES string of the molecule is CN(C(=O)C1CC1c1ccccc1)c1ccccc1N. The van der Waals surface area contributed by atoms with Crippen molar-refractivity contribution in [2.45, 2.75) is 12.3 Å². The van der Waals surface area contributed by atoms with Gasteiger partial charge in [-0.2, -0.15) is 0 Å². The largest absolute Gasteiger partial charge is 0.397 e. The number of benzene rings is 2. The molecular formula is C17H18N2O. The van der Waals surface area contributed by atoms with Gasteiger partial charge in [0.1, 0.15) is 0 Å². The van der Waals surface area contributed by atoms with Crippen molar-refractivity contribution in [3.05, 3.63) is 60.2 Å². The highest BCUT2D eigenvalue weighted by molar-refractivity contribution is 5.99. The Bertz CT molecular complexity index is 624. The van der Waals surface area contributed by atoms with Gasteiger partial charge in [-0.3, -0.25) is 4.79 Å². The molecular weight excluding hydrogens is 248 g/mol. The minimum absolute atomic E-state index is 0.0852. The predicted octanol–water partition coefficient (Wildman–Crippen LogP) is 3.04. The Morgan fingerprint density at radius 2 is 1.75 bits per heavy atom. The second-order valence-corrected chi connectivity index (χ2v) is 5.32. The van der Waals surface area contributed by atoms with Crippen LogP contribution in [0.25, 0.3) is 0 Å². The number of amides is 1. The molecule has 3 nitrogen and oxygen atoms in total. The van der Waals surface area contributed by atoms with Crippen molar-refractivity contribution < 1.29 is 4.79 Å². The summed E-state index contributed by atoms with van der Waals surface area (Å²) < 4.78 is 0. The number of hydrogen-bond acceptors (Lipinski definition) is 2. The van der Waals surface area contributed by atoms with Crippen molar-refractivity contribution in [1.29, 1.82) is 0 Å². The molecule has 0 spiro atoms. The lowest BCUT2D eigenvalue weighted by Gasteiger charge is -2.19. The van der Waals surface area contributed by atoms with Gasteiger partial charge in [0.25, 0.3) is 0 Å². The van der Waals surface area contributed by atoms with E-state index in [0.717, 1.165) is 12.1 Å². The first kappa shape index (κ1) is 12.7. The number of carbonyl (C=O) groups is 1. The van der Waals surface area contributed by atoms with Crippen LogP contribution in [0, 0.1) is 5.92 Å². The summed E-state index contributed by atoms with van der Waals surface area (Å²) in [5.74, 6) is 0.592. The molecule has 1 amide bonds. The smallest absolute Gasteiger partial charge is 0.230 e. The maximum atomic E-state index is 12.5. The third-order valence-electron chi connectivity index (χ3n) is 3.96. The van der Waals surface area contributed by atoms with Gasteiger partial charge in [-0.1, -0.05) is 42.5 Å². The summed E-state index contributed by atoms with van der Waals surface area (Å²) in [5, 5.41) is 0. The van der Waals surface area contributed by atoms with Gasteiger partial charge in [-0.05, 0) is 30.0 Å². The number of hydrogen-bond donors (Lipinski definition) is 1. The Morgan fingerprint density at radius 3 is 2.45 bits per heavy atom. The maximum Gasteiger partial charge on any atom is 0.230 e. The lowest BCUT2D eigenvalue weighted by molar-refractivity contribution is -0.119. The Labute approximate surface area is 119 Å². The molecule has 3 heteroatoms. The highest BCUT2D eigenvalue weighted by Gasteiger charge is 2.45. The number of nitrogen functional groups attached to an aromatic ring is 1. The molecule has 2 aromatic rings. The van der Waals surface area contributed by atoms with Crippen molar-refractivity contribution in [3.63, 3.8) is 0 Å². The van der Waals surface area contributed by atoms with Crippen molar-refractivity contribution in [2.75, 3.05) is 17.7 Å². The first-order chi connectivity index (χ1) is 9.68. The average molecular weight is 266 g/mol. The van der Waals surface area contributed by atoms with Gasteiger partial charge in [0.15, 0.2) is 0 Å². The lowest BCUT2D eigenvalue weighted by Crippen LogP contribution is -2.28. The van der Waals surface area contributed by atoms with Crippen LogP contribution in [0.1, 0.15) is 17.9 Å². The Kier molecular flexibility index (Phi) is 3.18. The topological polar surface area (TPSA) is 46.3 Å². The van der Waals surface area contributed by atoms with Crippen LogP contribution in [0.5, 0.6) is 0 Å². The minimum Gasteiger partial charge on any atom is -0.397 e. The summed E-state index contributed by atoms with van der Waals surface area (Å²) in [7, 11) is 1.80. The summed E-state index contributed by atoms with van der Waals surface area (Å²) in [4.78, 5) is 14.2. The van der Waals surface area contributed by atoms with Gasteiger partial charge in [0.2, 0.25) is 5.91 Å². The predicted molar refractivity (Wildman–Crippen MR) is 81.6 cm³/mol. The van der Waals surface area contributed by atoms with E-state index in [4.69, 9.17) is 5.73 Å². The van der Waals surface area contributed by atoms with Crippen LogP contribution in [-0.4, -0.2) is 13.0 Å². The Hall–Kier alpha value is -2.29. The fourth-order valence-corrected chi connectivity index (χ4v) is 2.70. The highest BCUT2D eigenvalue weighted by Crippen LogP contribution is 2.48. The summed E-state index contributed by atoms with van der Waals surface area (Å²) in [6.45, 7) is 0. The molecule has 0 saturated heterocycles. The van der Waals surface area contributed by atoms with Gasteiger partial charge >= 0.3 is 0 Å². The monoisotopic (exact) mass is 266 g/mol. The molecule has 2 atom stereocenters. The van der Waals surface area contributed by atoms with Gasteiger partial charge < -0.3 is 10.6 Å². The molecule has 1 aliphatic rings. The summed E-state index contributed by atoms with van der Waals surface area (Å²) in [6.07, 6.45) is 0.930. The molecule has 3 rings (SSSR count). The molecule has 0 heterocycles. The van der Waals surface area contributed by atoms with E-state index in [2.05, 4.69) is 12.1 Å². The van der Waals surface area contributed by atoms with Crippen LogP contribution in [0.2, 0.25) is 0 Å². The first-order valence-electron chi connectivity index (χ1n) is 6.85. The molecule has 0 bridgehead atoms. The van der Waals surface area contributed by atoms with Crippen molar-refractivity contribution in [3.8, 4) is 0 Å². The standard InChI is InChI=1S/C17H18N2O/c1-19(16-10-6-5-9-15(16)18)17(20)14-11-13(14)12-7-3-2-4-8-12/h2-10,13-14H,11,18H2,1H3. The maximum absolute atomic E-state index is 12.5. The van der Waals surface area contributed by atoms with Crippen molar-refractivity contribution >= 4 is 17.3 Å². The molecule has 20 heavy (non-hydrogen) atoms. The zero-order valence-electron chi connectivity index (χ0n) is 11.5. The quantitative estimate of drug-likeness (QED) is 0.868. The molecule has 0 aliphatic heterocycles. The second-order valence-electron chi connectivity index (χ2n) is 5.32. The van der Waals surface area contributed by atoms with E-state index in [1.165, 1.54) is 5.56 Å². The van der Waals surface area contributed by atoms with Gasteiger partial charge in [0.05, 0.1) is 11.4 Å². The van der Waals surface area contributed by atoms with E-state index in [1.807, 2.05) is 42.5 Å². The number of anilines is 2. The average Bonchev–Trinajstić information content (AvgIpc) is 3.28. The fourth-order valence-electron chi connectivity index (χ4n) is 2.70. The van der Waals surface area contributed by atoms with Crippen LogP contribution < -0.4 is 10.6 Å². The molecule has 0 radical (unpaired) electrons. The van der Waals surface area contributed by atoms with Crippen LogP contribution in [-0.2, 0) is 4.79 Å². The second kappa shape index (κ2) is 5.00. The molecule has 2 unspecified atom stereocenters. The molecule has 2 aromatic carbocycles. The van der Waals surface area contributed by atoms with E-state index in [0.29, 0.717) is 11.6 Å². The number of para-hydroxylation sites is 2. The van der Waals surface area contributed by atoms with E-state index in [1.54, 1.807) is 11.9 Å². The van der Waals surface area contributed by atoms with Gasteiger partial charge in [-0.15, -0.1) is 0 Å².